The molecule has 2 heterocycles. The maximum atomic E-state index is 12.9. The summed E-state index contributed by atoms with van der Waals surface area (Å²) in [4.78, 5) is 14.7. The summed E-state index contributed by atoms with van der Waals surface area (Å²) in [5.74, 6) is 1.37. The van der Waals surface area contributed by atoms with Gasteiger partial charge in [0.1, 0.15) is 10.6 Å². The molecule has 25 heavy (non-hydrogen) atoms. The summed E-state index contributed by atoms with van der Waals surface area (Å²) in [5.41, 5.74) is 0.375. The van der Waals surface area contributed by atoms with Gasteiger partial charge in [-0.3, -0.25) is 4.79 Å². The molecule has 8 heteroatoms. The lowest BCUT2D eigenvalue weighted by Gasteiger charge is -2.21. The number of carbonyl (C=O) groups is 1. The Kier molecular flexibility index (Phi) is 5.31. The zero-order valence-electron chi connectivity index (χ0n) is 14.6. The molecule has 0 radical (unpaired) electrons. The smallest absolute Gasteiger partial charge is 0.253 e. The molecule has 1 aromatic carbocycles. The Morgan fingerprint density at radius 1 is 1.24 bits per heavy atom. The zero-order chi connectivity index (χ0) is 18.0. The van der Waals surface area contributed by atoms with Gasteiger partial charge in [-0.25, -0.2) is 13.1 Å². The number of hydrogen-bond donors (Lipinski definition) is 2. The van der Waals surface area contributed by atoms with Gasteiger partial charge in [0.25, 0.3) is 5.91 Å². The molecule has 2 aliphatic heterocycles. The molecule has 3 rings (SSSR count). The SMILES string of the molecule is CNS(=O)(=O)c1cc(C(=O)N2CC[C@@H]3CNC[C@@H]3CC2)ccc1OC. The maximum absolute atomic E-state index is 12.9. The van der Waals surface area contributed by atoms with Crippen LogP contribution in [0.3, 0.4) is 0 Å². The summed E-state index contributed by atoms with van der Waals surface area (Å²) in [6.45, 7) is 3.48. The van der Waals surface area contributed by atoms with E-state index in [1.807, 2.05) is 4.90 Å². The molecule has 2 N–H and O–H groups in total. The average molecular weight is 367 g/mol. The van der Waals surface area contributed by atoms with Gasteiger partial charge in [-0.2, -0.15) is 0 Å². The topological polar surface area (TPSA) is 87.7 Å². The van der Waals surface area contributed by atoms with Crippen molar-refractivity contribution < 1.29 is 17.9 Å². The van der Waals surface area contributed by atoms with Crippen LogP contribution in [0.25, 0.3) is 0 Å². The molecule has 0 unspecified atom stereocenters. The van der Waals surface area contributed by atoms with E-state index in [4.69, 9.17) is 4.74 Å². The van der Waals surface area contributed by atoms with Gasteiger partial charge < -0.3 is 15.0 Å². The average Bonchev–Trinajstić information content (AvgIpc) is 2.99. The summed E-state index contributed by atoms with van der Waals surface area (Å²) < 4.78 is 31.8. The number of benzene rings is 1. The fraction of sp³-hybridized carbons (Fsp3) is 0.588. The first-order valence-corrected chi connectivity index (χ1v) is 10.1. The third kappa shape index (κ3) is 3.65. The summed E-state index contributed by atoms with van der Waals surface area (Å²) in [5, 5.41) is 3.42. The highest BCUT2D eigenvalue weighted by atomic mass is 32.2. The number of fused-ring (bicyclic) bond motifs is 1. The lowest BCUT2D eigenvalue weighted by molar-refractivity contribution is 0.0758. The first-order valence-electron chi connectivity index (χ1n) is 8.58. The highest BCUT2D eigenvalue weighted by Gasteiger charge is 2.32. The van der Waals surface area contributed by atoms with Crippen molar-refractivity contribution in [3.05, 3.63) is 23.8 Å². The first-order chi connectivity index (χ1) is 12.0. The molecule has 2 aliphatic rings. The van der Waals surface area contributed by atoms with Gasteiger partial charge in [-0.05, 0) is 63.0 Å². The molecule has 2 atom stereocenters. The summed E-state index contributed by atoms with van der Waals surface area (Å²) in [6.07, 6.45) is 1.97. The number of amides is 1. The van der Waals surface area contributed by atoms with E-state index in [-0.39, 0.29) is 16.6 Å². The van der Waals surface area contributed by atoms with E-state index in [1.165, 1.54) is 26.3 Å². The van der Waals surface area contributed by atoms with Crippen molar-refractivity contribution >= 4 is 15.9 Å². The van der Waals surface area contributed by atoms with Crippen LogP contribution in [0.2, 0.25) is 0 Å². The van der Waals surface area contributed by atoms with Crippen LogP contribution >= 0.6 is 0 Å². The fourth-order valence-electron chi connectivity index (χ4n) is 3.73. The van der Waals surface area contributed by atoms with Gasteiger partial charge in [0.15, 0.2) is 0 Å². The highest BCUT2D eigenvalue weighted by Crippen LogP contribution is 2.29. The third-order valence-corrected chi connectivity index (χ3v) is 6.71. The van der Waals surface area contributed by atoms with E-state index in [2.05, 4.69) is 10.0 Å². The minimum absolute atomic E-state index is 0.0146. The first kappa shape index (κ1) is 18.2. The molecule has 0 bridgehead atoms. The molecule has 1 aromatic rings. The lowest BCUT2D eigenvalue weighted by Crippen LogP contribution is -2.33. The number of nitrogens with one attached hydrogen (secondary N) is 2. The number of hydrogen-bond acceptors (Lipinski definition) is 5. The minimum atomic E-state index is -3.70. The molecule has 138 valence electrons. The van der Waals surface area contributed by atoms with Crippen molar-refractivity contribution in [3.8, 4) is 5.75 Å². The normalized spacial score (nSPS) is 23.8. The molecular weight excluding hydrogens is 342 g/mol. The van der Waals surface area contributed by atoms with Crippen LogP contribution < -0.4 is 14.8 Å². The van der Waals surface area contributed by atoms with Crippen molar-refractivity contribution in [2.75, 3.05) is 40.3 Å². The van der Waals surface area contributed by atoms with Crippen LogP contribution in [0, 0.1) is 11.8 Å². The zero-order valence-corrected chi connectivity index (χ0v) is 15.4. The summed E-state index contributed by atoms with van der Waals surface area (Å²) in [7, 11) is -0.953. The number of sulfonamides is 1. The Bertz CT molecular complexity index is 736. The van der Waals surface area contributed by atoms with Crippen molar-refractivity contribution in [1.82, 2.24) is 14.9 Å². The van der Waals surface area contributed by atoms with Crippen LogP contribution in [-0.2, 0) is 10.0 Å². The predicted molar refractivity (Wildman–Crippen MR) is 94.2 cm³/mol. The molecule has 0 aliphatic carbocycles. The van der Waals surface area contributed by atoms with Crippen molar-refractivity contribution in [2.45, 2.75) is 17.7 Å². The van der Waals surface area contributed by atoms with E-state index < -0.39 is 10.0 Å². The monoisotopic (exact) mass is 367 g/mol. The van der Waals surface area contributed by atoms with Gasteiger partial charge in [-0.1, -0.05) is 0 Å². The van der Waals surface area contributed by atoms with Gasteiger partial charge in [-0.15, -0.1) is 0 Å². The maximum Gasteiger partial charge on any atom is 0.253 e. The Labute approximate surface area is 148 Å². The Morgan fingerprint density at radius 3 is 2.44 bits per heavy atom. The molecule has 2 saturated heterocycles. The van der Waals surface area contributed by atoms with Gasteiger partial charge >= 0.3 is 0 Å². The third-order valence-electron chi connectivity index (χ3n) is 5.28. The number of rotatable bonds is 4. The number of nitrogens with zero attached hydrogens (tertiary/aromatic N) is 1. The second-order valence-electron chi connectivity index (χ2n) is 6.62. The number of methoxy groups -OCH3 is 1. The number of carbonyl (C=O) groups excluding carboxylic acids is 1. The van der Waals surface area contributed by atoms with Crippen molar-refractivity contribution in [2.24, 2.45) is 11.8 Å². The van der Waals surface area contributed by atoms with E-state index in [9.17, 15) is 13.2 Å². The van der Waals surface area contributed by atoms with Crippen LogP contribution in [-0.4, -0.2) is 59.6 Å². The second kappa shape index (κ2) is 7.31. The van der Waals surface area contributed by atoms with Crippen LogP contribution in [0.15, 0.2) is 23.1 Å². The number of ether oxygens (including phenoxy) is 1. The standard InChI is InChI=1S/C17H25N3O4S/c1-18-25(22,23)16-9-12(3-4-15(16)24-2)17(21)20-7-5-13-10-19-11-14(13)6-8-20/h3-4,9,13-14,18-19H,5-8,10-11H2,1-2H3/t13-,14+. The fourth-order valence-corrected chi connectivity index (χ4v) is 4.65. The van der Waals surface area contributed by atoms with Crippen LogP contribution in [0.4, 0.5) is 0 Å². The molecule has 0 aromatic heterocycles. The second-order valence-corrected chi connectivity index (χ2v) is 8.48. The van der Waals surface area contributed by atoms with E-state index in [1.54, 1.807) is 6.07 Å². The minimum Gasteiger partial charge on any atom is -0.495 e. The van der Waals surface area contributed by atoms with Crippen molar-refractivity contribution in [1.29, 1.82) is 0 Å². The Hall–Kier alpha value is -1.64. The Morgan fingerprint density at radius 2 is 1.88 bits per heavy atom. The van der Waals surface area contributed by atoms with Crippen molar-refractivity contribution in [3.63, 3.8) is 0 Å². The molecule has 7 nitrogen and oxygen atoms in total. The van der Waals surface area contributed by atoms with E-state index >= 15 is 0 Å². The molecule has 0 saturated carbocycles. The van der Waals surface area contributed by atoms with Gasteiger partial charge in [0, 0.05) is 18.7 Å². The molecular formula is C17H25N3O4S. The Balaban J connectivity index is 1.83. The van der Waals surface area contributed by atoms with E-state index in [0.29, 0.717) is 30.5 Å². The molecule has 1 amide bonds. The summed E-state index contributed by atoms with van der Waals surface area (Å²) >= 11 is 0. The summed E-state index contributed by atoms with van der Waals surface area (Å²) in [6, 6.07) is 4.57. The number of likely N-dealkylation sites (tertiary alicyclic amines) is 1. The molecule has 2 fully saturated rings. The lowest BCUT2D eigenvalue weighted by atomic mass is 9.92. The highest BCUT2D eigenvalue weighted by molar-refractivity contribution is 7.89. The largest absolute Gasteiger partial charge is 0.495 e. The van der Waals surface area contributed by atoms with E-state index in [0.717, 1.165) is 25.9 Å². The quantitative estimate of drug-likeness (QED) is 0.817. The van der Waals surface area contributed by atoms with Gasteiger partial charge in [0.2, 0.25) is 10.0 Å². The molecule has 0 spiro atoms. The van der Waals surface area contributed by atoms with Gasteiger partial charge in [0.05, 0.1) is 7.11 Å². The van der Waals surface area contributed by atoms with Crippen LogP contribution in [0.1, 0.15) is 23.2 Å². The predicted octanol–water partition coefficient (Wildman–Crippen LogP) is 0.675. The van der Waals surface area contributed by atoms with Crippen LogP contribution in [0.5, 0.6) is 5.75 Å².